The van der Waals surface area contributed by atoms with Gasteiger partial charge in [0, 0.05) is 17.5 Å². The topological polar surface area (TPSA) is 58.6 Å². The summed E-state index contributed by atoms with van der Waals surface area (Å²) in [4.78, 5) is 27.0. The van der Waals surface area contributed by atoms with Gasteiger partial charge in [0.2, 0.25) is 5.91 Å². The van der Waals surface area contributed by atoms with E-state index in [4.69, 9.17) is 4.74 Å². The Morgan fingerprint density at radius 2 is 1.80 bits per heavy atom. The number of hydrogen-bond donors (Lipinski definition) is 1. The number of para-hydroxylation sites is 1. The lowest BCUT2D eigenvalue weighted by Crippen LogP contribution is -2.35. The molecule has 0 aromatic heterocycles. The molecule has 2 aromatic rings. The minimum atomic E-state index is -0.233. The zero-order valence-corrected chi connectivity index (χ0v) is 15.4. The van der Waals surface area contributed by atoms with Crippen LogP contribution in [0.15, 0.2) is 53.4 Å². The molecule has 0 heterocycles. The molecule has 2 aromatic carbocycles. The highest BCUT2D eigenvalue weighted by atomic mass is 32.2. The van der Waals surface area contributed by atoms with E-state index in [0.29, 0.717) is 17.9 Å². The molecule has 0 aliphatic heterocycles. The molecule has 132 valence electrons. The van der Waals surface area contributed by atoms with Crippen LogP contribution >= 0.6 is 11.8 Å². The summed E-state index contributed by atoms with van der Waals surface area (Å²) in [6, 6.07) is 14.5. The largest absolute Gasteiger partial charge is 0.494 e. The van der Waals surface area contributed by atoms with Gasteiger partial charge in [-0.3, -0.25) is 9.59 Å². The molecule has 6 heteroatoms. The van der Waals surface area contributed by atoms with Crippen LogP contribution in [0.25, 0.3) is 0 Å². The molecule has 0 saturated carbocycles. The average molecular weight is 358 g/mol. The smallest absolute Gasteiger partial charge is 0.254 e. The van der Waals surface area contributed by atoms with Gasteiger partial charge in [0.1, 0.15) is 5.75 Å². The molecule has 0 aliphatic rings. The summed E-state index contributed by atoms with van der Waals surface area (Å²) >= 11 is 1.56. The molecule has 0 bridgehead atoms. The van der Waals surface area contributed by atoms with E-state index < -0.39 is 0 Å². The van der Waals surface area contributed by atoms with Crippen molar-refractivity contribution >= 4 is 29.3 Å². The predicted molar refractivity (Wildman–Crippen MR) is 101 cm³/mol. The molecule has 0 saturated heterocycles. The summed E-state index contributed by atoms with van der Waals surface area (Å²) in [6.07, 6.45) is 1.95. The van der Waals surface area contributed by atoms with E-state index in [0.717, 1.165) is 10.6 Å². The lowest BCUT2D eigenvalue weighted by molar-refractivity contribution is -0.116. The Bertz CT molecular complexity index is 732. The van der Waals surface area contributed by atoms with Crippen LogP contribution in [0.4, 0.5) is 5.69 Å². The quantitative estimate of drug-likeness (QED) is 0.770. The van der Waals surface area contributed by atoms with Crippen LogP contribution in [0.5, 0.6) is 5.75 Å². The zero-order chi connectivity index (χ0) is 18.2. The van der Waals surface area contributed by atoms with E-state index in [2.05, 4.69) is 5.32 Å². The number of nitrogens with one attached hydrogen (secondary N) is 1. The van der Waals surface area contributed by atoms with Crippen LogP contribution in [0, 0.1) is 0 Å². The van der Waals surface area contributed by atoms with Gasteiger partial charge in [0.05, 0.1) is 18.8 Å². The number of carbonyl (C=O) groups is 2. The molecule has 0 spiro atoms. The molecule has 1 N–H and O–H groups in total. The second-order valence-corrected chi connectivity index (χ2v) is 6.22. The van der Waals surface area contributed by atoms with Gasteiger partial charge >= 0.3 is 0 Å². The van der Waals surface area contributed by atoms with Crippen LogP contribution in [-0.2, 0) is 4.79 Å². The van der Waals surface area contributed by atoms with Crippen molar-refractivity contribution in [3.05, 3.63) is 54.1 Å². The van der Waals surface area contributed by atoms with Gasteiger partial charge in [-0.25, -0.2) is 0 Å². The number of amides is 2. The fraction of sp³-hybridized carbons (Fsp3) is 0.263. The number of likely N-dealkylation sites (N-methyl/N-ethyl adjacent to an activating group) is 1. The Hall–Kier alpha value is -2.47. The number of rotatable bonds is 7. The van der Waals surface area contributed by atoms with Crippen LogP contribution in [0.2, 0.25) is 0 Å². The van der Waals surface area contributed by atoms with E-state index in [1.165, 1.54) is 4.90 Å². The third kappa shape index (κ3) is 5.26. The van der Waals surface area contributed by atoms with Crippen LogP contribution in [-0.4, -0.2) is 43.2 Å². The zero-order valence-electron chi connectivity index (χ0n) is 14.6. The minimum Gasteiger partial charge on any atom is -0.494 e. The lowest BCUT2D eigenvalue weighted by atomic mass is 10.2. The molecule has 5 nitrogen and oxygen atoms in total. The highest BCUT2D eigenvalue weighted by molar-refractivity contribution is 7.98. The number of carbonyl (C=O) groups excluding carboxylic acids is 2. The normalized spacial score (nSPS) is 10.2. The Morgan fingerprint density at radius 1 is 1.12 bits per heavy atom. The predicted octanol–water partition coefficient (Wildman–Crippen LogP) is 3.52. The number of ether oxygens (including phenoxy) is 1. The molecule has 0 radical (unpaired) electrons. The first-order chi connectivity index (χ1) is 12.0. The van der Waals surface area contributed by atoms with Gasteiger partial charge in [0.25, 0.3) is 5.91 Å². The average Bonchev–Trinajstić information content (AvgIpc) is 2.62. The second kappa shape index (κ2) is 9.13. The number of thioether (sulfide) groups is 1. The maximum absolute atomic E-state index is 12.4. The van der Waals surface area contributed by atoms with Gasteiger partial charge in [-0.05, 0) is 49.6 Å². The van der Waals surface area contributed by atoms with Crippen molar-refractivity contribution in [2.75, 3.05) is 31.8 Å². The van der Waals surface area contributed by atoms with Crippen molar-refractivity contribution < 1.29 is 14.3 Å². The molecular formula is C19H22N2O3S. The van der Waals surface area contributed by atoms with Crippen molar-refractivity contribution in [1.29, 1.82) is 0 Å². The Morgan fingerprint density at radius 3 is 2.44 bits per heavy atom. The van der Waals surface area contributed by atoms with Gasteiger partial charge < -0.3 is 15.0 Å². The first-order valence-corrected chi connectivity index (χ1v) is 9.18. The molecular weight excluding hydrogens is 336 g/mol. The van der Waals surface area contributed by atoms with Crippen molar-refractivity contribution in [3.8, 4) is 5.75 Å². The lowest BCUT2D eigenvalue weighted by Gasteiger charge is -2.17. The van der Waals surface area contributed by atoms with Crippen molar-refractivity contribution in [1.82, 2.24) is 4.90 Å². The summed E-state index contributed by atoms with van der Waals surface area (Å²) < 4.78 is 5.36. The molecule has 0 unspecified atom stereocenters. The number of nitrogens with zero attached hydrogens (tertiary/aromatic N) is 1. The Labute approximate surface area is 152 Å². The van der Waals surface area contributed by atoms with Gasteiger partial charge in [-0.1, -0.05) is 12.1 Å². The van der Waals surface area contributed by atoms with Gasteiger partial charge in [-0.2, -0.15) is 0 Å². The molecule has 2 amide bonds. The number of anilines is 1. The van der Waals surface area contributed by atoms with E-state index in [1.54, 1.807) is 43.1 Å². The number of hydrogen-bond acceptors (Lipinski definition) is 4. The van der Waals surface area contributed by atoms with Crippen molar-refractivity contribution in [3.63, 3.8) is 0 Å². The first-order valence-electron chi connectivity index (χ1n) is 7.96. The molecule has 0 atom stereocenters. The summed E-state index contributed by atoms with van der Waals surface area (Å²) in [5.41, 5.74) is 1.27. The van der Waals surface area contributed by atoms with E-state index >= 15 is 0 Å². The molecule has 0 fully saturated rings. The molecule has 0 aliphatic carbocycles. The monoisotopic (exact) mass is 358 g/mol. The highest BCUT2D eigenvalue weighted by Crippen LogP contribution is 2.24. The Kier molecular flexibility index (Phi) is 6.89. The van der Waals surface area contributed by atoms with E-state index in [-0.39, 0.29) is 18.4 Å². The van der Waals surface area contributed by atoms with Crippen molar-refractivity contribution in [2.24, 2.45) is 0 Å². The first kappa shape index (κ1) is 18.9. The SMILES string of the molecule is CCOc1ccc(C(=O)N(C)CC(=O)Nc2ccccc2SC)cc1. The van der Waals surface area contributed by atoms with Gasteiger partial charge in [0.15, 0.2) is 0 Å². The number of benzene rings is 2. The van der Waals surface area contributed by atoms with Gasteiger partial charge in [-0.15, -0.1) is 11.8 Å². The minimum absolute atomic E-state index is 0.0191. The molecule has 25 heavy (non-hydrogen) atoms. The second-order valence-electron chi connectivity index (χ2n) is 5.37. The third-order valence-electron chi connectivity index (χ3n) is 3.52. The highest BCUT2D eigenvalue weighted by Gasteiger charge is 2.15. The molecule has 2 rings (SSSR count). The van der Waals surface area contributed by atoms with Crippen molar-refractivity contribution in [2.45, 2.75) is 11.8 Å². The fourth-order valence-electron chi connectivity index (χ4n) is 2.31. The van der Waals surface area contributed by atoms with E-state index in [1.807, 2.05) is 37.4 Å². The van der Waals surface area contributed by atoms with Crippen LogP contribution in [0.1, 0.15) is 17.3 Å². The third-order valence-corrected chi connectivity index (χ3v) is 4.32. The summed E-state index contributed by atoms with van der Waals surface area (Å²) in [6.45, 7) is 2.46. The maximum atomic E-state index is 12.4. The maximum Gasteiger partial charge on any atom is 0.254 e. The fourth-order valence-corrected chi connectivity index (χ4v) is 2.86. The summed E-state index contributed by atoms with van der Waals surface area (Å²) in [5.74, 6) is 0.271. The Balaban J connectivity index is 1.97. The standard InChI is InChI=1S/C19H22N2O3S/c1-4-24-15-11-9-14(10-12-15)19(23)21(2)13-18(22)20-16-7-5-6-8-17(16)25-3/h5-12H,4,13H2,1-3H3,(H,20,22). The van der Waals surface area contributed by atoms with Crippen LogP contribution < -0.4 is 10.1 Å². The summed E-state index contributed by atoms with van der Waals surface area (Å²) in [5, 5.41) is 2.85. The summed E-state index contributed by atoms with van der Waals surface area (Å²) in [7, 11) is 1.61. The van der Waals surface area contributed by atoms with E-state index in [9.17, 15) is 9.59 Å². The van der Waals surface area contributed by atoms with Crippen LogP contribution in [0.3, 0.4) is 0 Å².